The lowest BCUT2D eigenvalue weighted by atomic mass is 9.94. The fourth-order valence-electron chi connectivity index (χ4n) is 3.96. The SMILES string of the molecule is Cc1ccc(COc2ccc(C=C3NC(=S)N(C4CCCCC4)C3=O)cc2Br)cc1. The minimum Gasteiger partial charge on any atom is -0.488 e. The van der Waals surface area contributed by atoms with Crippen molar-refractivity contribution in [3.8, 4) is 5.75 Å². The summed E-state index contributed by atoms with van der Waals surface area (Å²) in [5, 5.41) is 3.63. The van der Waals surface area contributed by atoms with Crippen molar-refractivity contribution in [2.45, 2.75) is 51.7 Å². The molecule has 2 aromatic rings. The molecule has 2 fully saturated rings. The summed E-state index contributed by atoms with van der Waals surface area (Å²) in [6.07, 6.45) is 7.47. The summed E-state index contributed by atoms with van der Waals surface area (Å²) in [5.41, 5.74) is 3.80. The van der Waals surface area contributed by atoms with Gasteiger partial charge in [-0.1, -0.05) is 55.2 Å². The summed E-state index contributed by atoms with van der Waals surface area (Å²) >= 11 is 9.04. The van der Waals surface area contributed by atoms with Crippen molar-refractivity contribution in [3.05, 3.63) is 69.3 Å². The topological polar surface area (TPSA) is 41.6 Å². The van der Waals surface area contributed by atoms with Crippen LogP contribution in [0.3, 0.4) is 0 Å². The molecule has 1 N–H and O–H groups in total. The molecule has 0 unspecified atom stereocenters. The zero-order valence-electron chi connectivity index (χ0n) is 17.0. The number of aryl methyl sites for hydroxylation is 1. The Hall–Kier alpha value is -2.18. The normalized spacial score (nSPS) is 18.7. The van der Waals surface area contributed by atoms with Gasteiger partial charge in [0, 0.05) is 6.04 Å². The molecule has 0 bridgehead atoms. The number of thiocarbonyl (C=S) groups is 1. The molecule has 4 rings (SSSR count). The van der Waals surface area contributed by atoms with Crippen LogP contribution in [0.5, 0.6) is 5.75 Å². The molecule has 30 heavy (non-hydrogen) atoms. The van der Waals surface area contributed by atoms with Crippen molar-refractivity contribution in [3.63, 3.8) is 0 Å². The molecular weight excluding hydrogens is 460 g/mol. The summed E-state index contributed by atoms with van der Waals surface area (Å²) in [7, 11) is 0. The molecular formula is C24H25BrN2O2S. The number of ether oxygens (including phenoxy) is 1. The van der Waals surface area contributed by atoms with E-state index in [-0.39, 0.29) is 11.9 Å². The predicted molar refractivity (Wildman–Crippen MR) is 127 cm³/mol. The molecule has 1 aliphatic carbocycles. The van der Waals surface area contributed by atoms with Crippen LogP contribution in [0, 0.1) is 6.92 Å². The molecule has 1 saturated carbocycles. The Bertz CT molecular complexity index is 981. The minimum absolute atomic E-state index is 0.0253. The van der Waals surface area contributed by atoms with Crippen LogP contribution in [0.15, 0.2) is 52.6 Å². The van der Waals surface area contributed by atoms with E-state index >= 15 is 0 Å². The molecule has 2 aliphatic rings. The van der Waals surface area contributed by atoms with Gasteiger partial charge in [-0.2, -0.15) is 0 Å². The summed E-state index contributed by atoms with van der Waals surface area (Å²) in [4.78, 5) is 14.7. The molecule has 1 saturated heterocycles. The third-order valence-electron chi connectivity index (χ3n) is 5.63. The van der Waals surface area contributed by atoms with Gasteiger partial charge in [-0.25, -0.2) is 0 Å². The number of nitrogens with one attached hydrogen (secondary N) is 1. The van der Waals surface area contributed by atoms with Gasteiger partial charge in [0.1, 0.15) is 18.1 Å². The number of hydrogen-bond acceptors (Lipinski definition) is 3. The first kappa shape index (κ1) is 21.1. The fourth-order valence-corrected chi connectivity index (χ4v) is 4.81. The lowest BCUT2D eigenvalue weighted by molar-refractivity contribution is -0.124. The van der Waals surface area contributed by atoms with E-state index in [9.17, 15) is 4.79 Å². The van der Waals surface area contributed by atoms with E-state index in [1.165, 1.54) is 12.0 Å². The summed E-state index contributed by atoms with van der Waals surface area (Å²) in [6, 6.07) is 14.3. The quantitative estimate of drug-likeness (QED) is 0.434. The largest absolute Gasteiger partial charge is 0.488 e. The number of hydrogen-bond donors (Lipinski definition) is 1. The maximum absolute atomic E-state index is 12.9. The highest BCUT2D eigenvalue weighted by molar-refractivity contribution is 9.10. The average Bonchev–Trinajstić information content (AvgIpc) is 3.02. The smallest absolute Gasteiger partial charge is 0.276 e. The Balaban J connectivity index is 1.44. The minimum atomic E-state index is -0.0253. The van der Waals surface area contributed by atoms with Crippen molar-refractivity contribution < 1.29 is 9.53 Å². The third-order valence-corrected chi connectivity index (χ3v) is 6.55. The fraction of sp³-hybridized carbons (Fsp3) is 0.333. The molecule has 0 aromatic heterocycles. The Morgan fingerprint density at radius 2 is 1.90 bits per heavy atom. The molecule has 2 aromatic carbocycles. The van der Waals surface area contributed by atoms with E-state index in [2.05, 4.69) is 52.4 Å². The van der Waals surface area contributed by atoms with Crippen molar-refractivity contribution in [2.75, 3.05) is 0 Å². The van der Waals surface area contributed by atoms with Gasteiger partial charge in [0.25, 0.3) is 5.91 Å². The number of amides is 1. The molecule has 1 amide bonds. The predicted octanol–water partition coefficient (Wildman–Crippen LogP) is 5.73. The van der Waals surface area contributed by atoms with Gasteiger partial charge in [0.05, 0.1) is 4.47 Å². The molecule has 156 valence electrons. The van der Waals surface area contributed by atoms with E-state index in [1.807, 2.05) is 24.3 Å². The van der Waals surface area contributed by atoms with Crippen molar-refractivity contribution in [1.29, 1.82) is 0 Å². The van der Waals surface area contributed by atoms with E-state index in [1.54, 1.807) is 4.90 Å². The van der Waals surface area contributed by atoms with Gasteiger partial charge >= 0.3 is 0 Å². The van der Waals surface area contributed by atoms with Crippen LogP contribution in [0.1, 0.15) is 48.8 Å². The number of nitrogens with zero attached hydrogens (tertiary/aromatic N) is 1. The van der Waals surface area contributed by atoms with Gasteiger partial charge < -0.3 is 10.1 Å². The molecule has 0 atom stereocenters. The molecule has 4 nitrogen and oxygen atoms in total. The molecule has 1 aliphatic heterocycles. The van der Waals surface area contributed by atoms with Gasteiger partial charge in [0.2, 0.25) is 0 Å². The number of halogens is 1. The number of carbonyl (C=O) groups is 1. The first-order valence-electron chi connectivity index (χ1n) is 10.4. The highest BCUT2D eigenvalue weighted by atomic mass is 79.9. The van der Waals surface area contributed by atoms with Crippen molar-refractivity contribution in [2.24, 2.45) is 0 Å². The standard InChI is InChI=1S/C24H25BrN2O2S/c1-16-7-9-17(10-8-16)15-29-22-12-11-18(13-20(22)25)14-21-23(28)27(24(30)26-21)19-5-3-2-4-6-19/h7-14,19H,2-6,15H2,1H3,(H,26,30). The average molecular weight is 485 g/mol. The summed E-state index contributed by atoms with van der Waals surface area (Å²) in [5.74, 6) is 0.741. The molecule has 1 heterocycles. The van der Waals surface area contributed by atoms with Crippen LogP contribution >= 0.6 is 28.1 Å². The van der Waals surface area contributed by atoms with Crippen LogP contribution in [-0.2, 0) is 11.4 Å². The van der Waals surface area contributed by atoms with Crippen molar-refractivity contribution >= 4 is 45.2 Å². The lowest BCUT2D eigenvalue weighted by Gasteiger charge is -2.29. The summed E-state index contributed by atoms with van der Waals surface area (Å²) < 4.78 is 6.79. The van der Waals surface area contributed by atoms with E-state index in [4.69, 9.17) is 17.0 Å². The molecule has 6 heteroatoms. The maximum atomic E-state index is 12.9. The monoisotopic (exact) mass is 484 g/mol. The summed E-state index contributed by atoms with van der Waals surface area (Å²) in [6.45, 7) is 2.57. The second kappa shape index (κ2) is 9.31. The van der Waals surface area contributed by atoms with Gasteiger partial charge in [-0.3, -0.25) is 9.69 Å². The second-order valence-electron chi connectivity index (χ2n) is 7.92. The Labute approximate surface area is 191 Å². The first-order chi connectivity index (χ1) is 14.5. The van der Waals surface area contributed by atoms with Crippen LogP contribution in [0.25, 0.3) is 6.08 Å². The second-order valence-corrected chi connectivity index (χ2v) is 9.16. The zero-order chi connectivity index (χ0) is 21.1. The highest BCUT2D eigenvalue weighted by Gasteiger charge is 2.36. The van der Waals surface area contributed by atoms with Crippen LogP contribution in [0.4, 0.5) is 0 Å². The highest BCUT2D eigenvalue weighted by Crippen LogP contribution is 2.30. The number of benzene rings is 2. The third kappa shape index (κ3) is 4.76. The van der Waals surface area contributed by atoms with Crippen LogP contribution < -0.4 is 10.1 Å². The first-order valence-corrected chi connectivity index (χ1v) is 11.6. The van der Waals surface area contributed by atoms with Crippen LogP contribution in [0.2, 0.25) is 0 Å². The van der Waals surface area contributed by atoms with Crippen molar-refractivity contribution in [1.82, 2.24) is 10.2 Å². The molecule has 0 radical (unpaired) electrons. The Kier molecular flexibility index (Phi) is 6.54. The van der Waals surface area contributed by atoms with Gasteiger partial charge in [0.15, 0.2) is 5.11 Å². The Morgan fingerprint density at radius 1 is 1.17 bits per heavy atom. The van der Waals surface area contributed by atoms with Gasteiger partial charge in [-0.05, 0) is 77.2 Å². The number of rotatable bonds is 5. The zero-order valence-corrected chi connectivity index (χ0v) is 19.4. The molecule has 0 spiro atoms. The Morgan fingerprint density at radius 3 is 2.60 bits per heavy atom. The lowest BCUT2D eigenvalue weighted by Crippen LogP contribution is -2.41. The van der Waals surface area contributed by atoms with E-state index < -0.39 is 0 Å². The maximum Gasteiger partial charge on any atom is 0.276 e. The van der Waals surface area contributed by atoms with Gasteiger partial charge in [-0.15, -0.1) is 0 Å². The van der Waals surface area contributed by atoms with E-state index in [0.717, 1.165) is 47.0 Å². The van der Waals surface area contributed by atoms with E-state index in [0.29, 0.717) is 17.4 Å². The number of carbonyl (C=O) groups excluding carboxylic acids is 1. The van der Waals surface area contributed by atoms with Crippen LogP contribution in [-0.4, -0.2) is 22.0 Å².